The molecule has 0 saturated heterocycles. The highest BCUT2D eigenvalue weighted by Crippen LogP contribution is 2.43. The van der Waals surface area contributed by atoms with E-state index in [1.807, 2.05) is 0 Å². The van der Waals surface area contributed by atoms with Crippen LogP contribution in [0.2, 0.25) is 0 Å². The van der Waals surface area contributed by atoms with Crippen LogP contribution in [-0.2, 0) is 12.7 Å². The molecule has 1 aliphatic heterocycles. The molecule has 1 N–H and O–H groups in total. The average molecular weight is 546 g/mol. The molecule has 38 heavy (non-hydrogen) atoms. The van der Waals surface area contributed by atoms with Crippen LogP contribution in [0, 0.1) is 0 Å². The molecule has 0 radical (unpaired) electrons. The number of benzene rings is 3. The van der Waals surface area contributed by atoms with Gasteiger partial charge in [0.1, 0.15) is 5.75 Å². The summed E-state index contributed by atoms with van der Waals surface area (Å²) in [5.74, 6) is -0.0906. The van der Waals surface area contributed by atoms with Crippen molar-refractivity contribution in [2.75, 3.05) is 22.9 Å². The predicted molar refractivity (Wildman–Crippen MR) is 124 cm³/mol. The molecule has 3 aromatic rings. The quantitative estimate of drug-likeness (QED) is 0.331. The van der Waals surface area contributed by atoms with Crippen molar-refractivity contribution >= 4 is 11.4 Å². The van der Waals surface area contributed by atoms with Crippen LogP contribution in [0.5, 0.6) is 5.75 Å². The fourth-order valence-electron chi connectivity index (χ4n) is 4.46. The zero-order chi connectivity index (χ0) is 27.7. The van der Waals surface area contributed by atoms with Gasteiger partial charge >= 0.3 is 19.0 Å². The third kappa shape index (κ3) is 6.29. The lowest BCUT2D eigenvalue weighted by atomic mass is 9.96. The van der Waals surface area contributed by atoms with Crippen molar-refractivity contribution in [2.24, 2.45) is 0 Å². The molecule has 0 spiro atoms. The summed E-state index contributed by atoms with van der Waals surface area (Å²) in [7, 11) is 0. The number of aliphatic hydroxyl groups is 1. The van der Waals surface area contributed by atoms with Crippen LogP contribution < -0.4 is 14.5 Å². The largest absolute Gasteiger partial charge is 0.435 e. The first-order valence-electron chi connectivity index (χ1n) is 11.4. The third-order valence-corrected chi connectivity index (χ3v) is 6.14. The van der Waals surface area contributed by atoms with E-state index in [1.165, 1.54) is 41.3 Å². The Morgan fingerprint density at radius 2 is 1.55 bits per heavy atom. The minimum absolute atomic E-state index is 0.0527. The number of anilines is 2. The molecule has 0 bridgehead atoms. The summed E-state index contributed by atoms with van der Waals surface area (Å²) in [6, 6.07) is 15.5. The Kier molecular flexibility index (Phi) is 7.73. The monoisotopic (exact) mass is 546 g/mol. The van der Waals surface area contributed by atoms with Gasteiger partial charge in [-0.3, -0.25) is 0 Å². The van der Waals surface area contributed by atoms with Crippen molar-refractivity contribution in [3.8, 4) is 5.75 Å². The second-order valence-electron chi connectivity index (χ2n) is 8.74. The highest BCUT2D eigenvalue weighted by Gasteiger charge is 2.43. The molecule has 0 aliphatic carbocycles. The van der Waals surface area contributed by atoms with Gasteiger partial charge in [0.2, 0.25) is 0 Å². The molecule has 0 aromatic heterocycles. The Hall–Kier alpha value is -3.54. The SMILES string of the molecule is OC(CN1c2ccccc2N(Cc2cccc(OC(F)F)c2)C[C@H]1c1cccc(C(F)(F)F)c1)C(F)(F)F. The van der Waals surface area contributed by atoms with Crippen LogP contribution >= 0.6 is 0 Å². The predicted octanol–water partition coefficient (Wildman–Crippen LogP) is 6.80. The molecule has 0 saturated carbocycles. The van der Waals surface area contributed by atoms with Gasteiger partial charge in [0, 0.05) is 13.1 Å². The van der Waals surface area contributed by atoms with Crippen LogP contribution in [0.4, 0.5) is 46.5 Å². The zero-order valence-corrected chi connectivity index (χ0v) is 19.6. The fraction of sp³-hybridized carbons (Fsp3) is 0.308. The Morgan fingerprint density at radius 1 is 0.868 bits per heavy atom. The molecule has 3 aromatic carbocycles. The number of para-hydroxylation sites is 2. The number of ether oxygens (including phenoxy) is 1. The molecule has 0 fully saturated rings. The molecular formula is C26H22F8N2O2. The number of alkyl halides is 8. The number of β-amino-alcohol motifs (C(OH)–C–C–N with tert-alkyl or cyclic N) is 1. The summed E-state index contributed by atoms with van der Waals surface area (Å²) >= 11 is 0. The molecule has 4 rings (SSSR count). The van der Waals surface area contributed by atoms with Gasteiger partial charge in [-0.2, -0.15) is 35.1 Å². The maximum absolute atomic E-state index is 13.5. The Bertz CT molecular complexity index is 1250. The molecule has 2 atom stereocenters. The summed E-state index contributed by atoms with van der Waals surface area (Å²) < 4.78 is 110. The summed E-state index contributed by atoms with van der Waals surface area (Å²) in [5, 5.41) is 9.88. The van der Waals surface area contributed by atoms with E-state index in [1.54, 1.807) is 29.2 Å². The highest BCUT2D eigenvalue weighted by atomic mass is 19.4. The third-order valence-electron chi connectivity index (χ3n) is 6.14. The number of nitrogens with zero attached hydrogens (tertiary/aromatic N) is 2. The minimum atomic E-state index is -4.95. The van der Waals surface area contributed by atoms with Crippen LogP contribution in [0.15, 0.2) is 72.8 Å². The molecule has 4 nitrogen and oxygen atoms in total. The topological polar surface area (TPSA) is 35.9 Å². The van der Waals surface area contributed by atoms with Gasteiger partial charge in [-0.05, 0) is 47.5 Å². The van der Waals surface area contributed by atoms with Gasteiger partial charge < -0.3 is 19.6 Å². The van der Waals surface area contributed by atoms with Gasteiger partial charge in [-0.25, -0.2) is 0 Å². The summed E-state index contributed by atoms with van der Waals surface area (Å²) in [6.07, 6.45) is -12.4. The second-order valence-corrected chi connectivity index (χ2v) is 8.74. The van der Waals surface area contributed by atoms with E-state index >= 15 is 0 Å². The molecule has 0 amide bonds. The van der Waals surface area contributed by atoms with Crippen LogP contribution in [0.3, 0.4) is 0 Å². The molecule has 1 aliphatic rings. The van der Waals surface area contributed by atoms with Gasteiger partial charge in [-0.15, -0.1) is 0 Å². The minimum Gasteiger partial charge on any atom is -0.435 e. The van der Waals surface area contributed by atoms with Crippen molar-refractivity contribution in [1.82, 2.24) is 0 Å². The fourth-order valence-corrected chi connectivity index (χ4v) is 4.46. The van der Waals surface area contributed by atoms with Gasteiger partial charge in [0.25, 0.3) is 0 Å². The van der Waals surface area contributed by atoms with E-state index < -0.39 is 43.2 Å². The number of hydrogen-bond acceptors (Lipinski definition) is 4. The Labute approximate surface area is 212 Å². The van der Waals surface area contributed by atoms with Crippen molar-refractivity contribution in [1.29, 1.82) is 0 Å². The van der Waals surface area contributed by atoms with Crippen LogP contribution in [0.25, 0.3) is 0 Å². The normalized spacial score (nSPS) is 16.9. The maximum atomic E-state index is 13.5. The van der Waals surface area contributed by atoms with Gasteiger partial charge in [0.15, 0.2) is 6.10 Å². The molecular weight excluding hydrogens is 524 g/mol. The van der Waals surface area contributed by atoms with Crippen molar-refractivity contribution in [3.05, 3.63) is 89.5 Å². The van der Waals surface area contributed by atoms with Crippen LogP contribution in [-0.4, -0.2) is 37.1 Å². The van der Waals surface area contributed by atoms with E-state index in [4.69, 9.17) is 0 Å². The lowest BCUT2D eigenvalue weighted by Gasteiger charge is -2.46. The number of aliphatic hydroxyl groups excluding tert-OH is 1. The molecule has 1 heterocycles. The number of fused-ring (bicyclic) bond motifs is 1. The Balaban J connectivity index is 1.77. The van der Waals surface area contributed by atoms with E-state index in [2.05, 4.69) is 4.74 Å². The second kappa shape index (κ2) is 10.7. The van der Waals surface area contributed by atoms with E-state index in [9.17, 15) is 40.2 Å². The standard InChI is InChI=1S/C26H22F8N2O2/c27-24(28)38-19-8-3-5-16(11-19)13-35-14-22(17-6-4-7-18(12-17)25(29,30)31)36(15-23(37)26(32,33)34)21-10-2-1-9-20(21)35/h1-12,22-24,37H,13-15H2/t22-,23?/m0/s1. The first kappa shape index (κ1) is 27.5. The van der Waals surface area contributed by atoms with Crippen LogP contribution in [0.1, 0.15) is 22.7 Å². The lowest BCUT2D eigenvalue weighted by molar-refractivity contribution is -0.200. The maximum Gasteiger partial charge on any atom is 0.416 e. The van der Waals surface area contributed by atoms with Gasteiger partial charge in [-0.1, -0.05) is 36.4 Å². The number of hydrogen-bond donors (Lipinski definition) is 1. The first-order chi connectivity index (χ1) is 17.8. The van der Waals surface area contributed by atoms with Gasteiger partial charge in [0.05, 0.1) is 29.5 Å². The summed E-state index contributed by atoms with van der Waals surface area (Å²) in [6.45, 7) is -3.90. The number of rotatable bonds is 7. The molecule has 1 unspecified atom stereocenters. The average Bonchev–Trinajstić information content (AvgIpc) is 2.84. The van der Waals surface area contributed by atoms with Crippen molar-refractivity contribution in [3.63, 3.8) is 0 Å². The summed E-state index contributed by atoms with van der Waals surface area (Å²) in [4.78, 5) is 2.98. The van der Waals surface area contributed by atoms with Crippen molar-refractivity contribution < 1.29 is 45.0 Å². The molecule has 204 valence electrons. The van der Waals surface area contributed by atoms with Crippen molar-refractivity contribution in [2.45, 2.75) is 37.7 Å². The van der Waals surface area contributed by atoms with E-state index in [0.717, 1.165) is 12.1 Å². The molecule has 12 heteroatoms. The highest BCUT2D eigenvalue weighted by molar-refractivity contribution is 5.75. The Morgan fingerprint density at radius 3 is 2.21 bits per heavy atom. The van der Waals surface area contributed by atoms with E-state index in [0.29, 0.717) is 11.3 Å². The smallest absolute Gasteiger partial charge is 0.416 e. The number of halogens is 8. The first-order valence-corrected chi connectivity index (χ1v) is 11.4. The lowest BCUT2D eigenvalue weighted by Crippen LogP contribution is -2.49. The van der Waals surface area contributed by atoms with E-state index in [-0.39, 0.29) is 30.1 Å². The summed E-state index contributed by atoms with van der Waals surface area (Å²) in [5.41, 5.74) is 0.399. The zero-order valence-electron chi connectivity index (χ0n) is 19.6.